The summed E-state index contributed by atoms with van der Waals surface area (Å²) in [4.78, 5) is 21.3. The molecule has 0 heterocycles. The normalized spacial score (nSPS) is 11.6. The molecular formula is C47H42F6N2O12S2. The number of benzene rings is 6. The van der Waals surface area contributed by atoms with Gasteiger partial charge in [-0.2, -0.15) is 26.3 Å². The fourth-order valence-corrected chi connectivity index (χ4v) is 8.22. The van der Waals surface area contributed by atoms with E-state index in [9.17, 15) is 52.8 Å². The minimum absolute atomic E-state index is 0.0243. The SMILES string of the molecule is CCCc1ccc(S(=O)(=O)Nc2ccc(OCCOc3ccccc3C(=O)O)cc2)cc1.O=C(O)c1ccccc1OCCOc1ccc(NS(=O)(=O)c2cc(C(F)(F)F)cc(C(F)(F)F)c2)cc1. The van der Waals surface area contributed by atoms with Crippen LogP contribution in [-0.2, 0) is 38.8 Å². The van der Waals surface area contributed by atoms with Crippen molar-refractivity contribution in [1.82, 2.24) is 0 Å². The predicted molar refractivity (Wildman–Crippen MR) is 240 cm³/mol. The van der Waals surface area contributed by atoms with Crippen molar-refractivity contribution in [2.45, 2.75) is 41.9 Å². The maximum atomic E-state index is 13.0. The van der Waals surface area contributed by atoms with Crippen LogP contribution in [0.25, 0.3) is 0 Å². The summed E-state index contributed by atoms with van der Waals surface area (Å²) in [6.07, 6.45) is -8.50. The van der Waals surface area contributed by atoms with Crippen LogP contribution in [0.15, 0.2) is 149 Å². The van der Waals surface area contributed by atoms with Crippen LogP contribution in [0.3, 0.4) is 0 Å². The number of hydrogen-bond acceptors (Lipinski definition) is 10. The molecule has 0 aliphatic heterocycles. The number of carboxylic acid groups (broad SMARTS) is 2. The summed E-state index contributed by atoms with van der Waals surface area (Å²) < 4.78 is 155. The van der Waals surface area contributed by atoms with Gasteiger partial charge in [-0.15, -0.1) is 0 Å². The molecule has 0 aromatic heterocycles. The first-order chi connectivity index (χ1) is 32.6. The summed E-state index contributed by atoms with van der Waals surface area (Å²) in [5, 5.41) is 18.3. The highest BCUT2D eigenvalue weighted by Gasteiger charge is 2.38. The minimum atomic E-state index is -5.20. The zero-order valence-electron chi connectivity index (χ0n) is 36.1. The number of para-hydroxylation sites is 2. The van der Waals surface area contributed by atoms with Crippen molar-refractivity contribution in [3.05, 3.63) is 167 Å². The van der Waals surface area contributed by atoms with Gasteiger partial charge in [0, 0.05) is 11.4 Å². The maximum absolute atomic E-state index is 13.0. The topological polar surface area (TPSA) is 204 Å². The molecule has 0 aliphatic rings. The third-order valence-electron chi connectivity index (χ3n) is 9.31. The fraction of sp³-hybridized carbons (Fsp3) is 0.191. The number of aromatic carboxylic acids is 2. The summed E-state index contributed by atoms with van der Waals surface area (Å²) >= 11 is 0. The van der Waals surface area contributed by atoms with Crippen LogP contribution >= 0.6 is 0 Å². The molecule has 0 aliphatic carbocycles. The number of alkyl halides is 6. The Bertz CT molecular complexity index is 2880. The zero-order valence-corrected chi connectivity index (χ0v) is 37.7. The Labute approximate surface area is 392 Å². The number of hydrogen-bond donors (Lipinski definition) is 4. The average Bonchev–Trinajstić information content (AvgIpc) is 3.30. The molecule has 22 heteroatoms. The number of aryl methyl sites for hydroxylation is 1. The summed E-state index contributed by atoms with van der Waals surface area (Å²) in [6, 6.07) is 30.7. The standard InChI is InChI=1S/C24H25NO6S.C23H17F6NO6S/c1-2-5-18-8-14-21(15-9-18)32(28,29)25-19-10-12-20(13-11-19)30-16-17-31-23-7-4-3-6-22(23)24(26)27;24-22(25,26)14-11-15(23(27,28)29)13-18(12-14)37(33,34)30-16-5-7-17(8-6-16)35-9-10-36-20-4-2-1-3-19(20)21(31)32/h3-4,6-15,25H,2,5,16-17H2,1H3,(H,26,27);1-8,11-13,30H,9-10H2,(H,31,32). The first-order valence-corrected chi connectivity index (χ1v) is 23.3. The molecule has 0 saturated heterocycles. The van der Waals surface area contributed by atoms with Crippen LogP contribution in [0.2, 0.25) is 0 Å². The number of sulfonamides is 2. The van der Waals surface area contributed by atoms with Crippen LogP contribution in [0.5, 0.6) is 23.0 Å². The van der Waals surface area contributed by atoms with Gasteiger partial charge in [0.15, 0.2) is 0 Å². The first kappa shape index (κ1) is 52.5. The molecule has 366 valence electrons. The third kappa shape index (κ3) is 15.5. The molecule has 0 spiro atoms. The fourth-order valence-electron chi connectivity index (χ4n) is 6.03. The summed E-state index contributed by atoms with van der Waals surface area (Å²) in [5.74, 6) is -1.06. The molecule has 6 rings (SSSR count). The first-order valence-electron chi connectivity index (χ1n) is 20.4. The summed E-state index contributed by atoms with van der Waals surface area (Å²) in [6.45, 7) is 2.38. The van der Waals surface area contributed by atoms with Crippen molar-refractivity contribution in [3.63, 3.8) is 0 Å². The number of carbonyl (C=O) groups is 2. The molecule has 0 atom stereocenters. The molecule has 69 heavy (non-hydrogen) atoms. The van der Waals surface area contributed by atoms with E-state index >= 15 is 0 Å². The van der Waals surface area contributed by atoms with Gasteiger partial charge in [-0.3, -0.25) is 9.44 Å². The highest BCUT2D eigenvalue weighted by Crippen LogP contribution is 2.38. The Morgan fingerprint density at radius 3 is 1.26 bits per heavy atom. The zero-order chi connectivity index (χ0) is 50.4. The Morgan fingerprint density at radius 1 is 0.507 bits per heavy atom. The largest absolute Gasteiger partial charge is 0.490 e. The van der Waals surface area contributed by atoms with Gasteiger partial charge in [0.2, 0.25) is 0 Å². The van der Waals surface area contributed by atoms with Crippen LogP contribution in [0.1, 0.15) is 50.8 Å². The number of halogens is 6. The molecule has 6 aromatic carbocycles. The van der Waals surface area contributed by atoms with E-state index in [1.807, 2.05) is 16.9 Å². The molecule has 0 saturated carbocycles. The lowest BCUT2D eigenvalue weighted by molar-refractivity contribution is -0.143. The van der Waals surface area contributed by atoms with Gasteiger partial charge in [0.05, 0.1) is 20.9 Å². The van der Waals surface area contributed by atoms with E-state index < -0.39 is 60.4 Å². The Morgan fingerprint density at radius 2 is 0.884 bits per heavy atom. The molecule has 0 radical (unpaired) electrons. The molecule has 0 unspecified atom stereocenters. The second-order valence-corrected chi connectivity index (χ2v) is 17.8. The van der Waals surface area contributed by atoms with Crippen molar-refractivity contribution in [3.8, 4) is 23.0 Å². The second-order valence-electron chi connectivity index (χ2n) is 14.4. The lowest BCUT2D eigenvalue weighted by atomic mass is 10.1. The van der Waals surface area contributed by atoms with Gasteiger partial charge in [0.25, 0.3) is 20.0 Å². The number of ether oxygens (including phenoxy) is 4. The van der Waals surface area contributed by atoms with Crippen molar-refractivity contribution in [2.24, 2.45) is 0 Å². The number of nitrogens with one attached hydrogen (secondary N) is 2. The van der Waals surface area contributed by atoms with E-state index in [2.05, 4.69) is 11.6 Å². The van der Waals surface area contributed by atoms with E-state index in [-0.39, 0.29) is 83.6 Å². The minimum Gasteiger partial charge on any atom is -0.490 e. The van der Waals surface area contributed by atoms with Gasteiger partial charge in [-0.1, -0.05) is 49.7 Å². The Kier molecular flexibility index (Phi) is 17.5. The highest BCUT2D eigenvalue weighted by atomic mass is 32.2. The summed E-state index contributed by atoms with van der Waals surface area (Å²) in [5.41, 5.74) is -2.11. The molecule has 6 aromatic rings. The average molecular weight is 1000 g/mol. The van der Waals surface area contributed by atoms with E-state index in [0.29, 0.717) is 11.4 Å². The molecule has 0 bridgehead atoms. The predicted octanol–water partition coefficient (Wildman–Crippen LogP) is 10.3. The molecule has 0 amide bonds. The van der Waals surface area contributed by atoms with Gasteiger partial charge >= 0.3 is 24.3 Å². The molecular weight excluding hydrogens is 963 g/mol. The third-order valence-corrected chi connectivity index (χ3v) is 12.1. The second kappa shape index (κ2) is 23.0. The van der Waals surface area contributed by atoms with Crippen LogP contribution in [-0.4, -0.2) is 65.4 Å². The van der Waals surface area contributed by atoms with Crippen molar-refractivity contribution in [2.75, 3.05) is 35.9 Å². The molecule has 14 nitrogen and oxygen atoms in total. The van der Waals surface area contributed by atoms with E-state index in [1.54, 1.807) is 60.7 Å². The Hall–Kier alpha value is -7.46. The summed E-state index contributed by atoms with van der Waals surface area (Å²) in [7, 11) is -8.49. The van der Waals surface area contributed by atoms with Crippen LogP contribution in [0.4, 0.5) is 37.7 Å². The number of rotatable bonds is 20. The van der Waals surface area contributed by atoms with Crippen molar-refractivity contribution in [1.29, 1.82) is 0 Å². The van der Waals surface area contributed by atoms with Crippen molar-refractivity contribution < 1.29 is 81.9 Å². The smallest absolute Gasteiger partial charge is 0.416 e. The van der Waals surface area contributed by atoms with E-state index in [0.717, 1.165) is 18.4 Å². The van der Waals surface area contributed by atoms with Crippen molar-refractivity contribution >= 4 is 43.4 Å². The van der Waals surface area contributed by atoms with Gasteiger partial charge in [-0.25, -0.2) is 26.4 Å². The van der Waals surface area contributed by atoms with Gasteiger partial charge in [-0.05, 0) is 115 Å². The lowest BCUT2D eigenvalue weighted by Gasteiger charge is -2.15. The highest BCUT2D eigenvalue weighted by molar-refractivity contribution is 7.93. The number of anilines is 2. The van der Waals surface area contributed by atoms with E-state index in [1.165, 1.54) is 48.5 Å². The molecule has 4 N–H and O–H groups in total. The number of carboxylic acids is 2. The monoisotopic (exact) mass is 1000 g/mol. The van der Waals surface area contributed by atoms with Crippen LogP contribution in [0, 0.1) is 0 Å². The maximum Gasteiger partial charge on any atom is 0.416 e. The van der Waals surface area contributed by atoms with Crippen LogP contribution < -0.4 is 28.4 Å². The quantitative estimate of drug-likeness (QED) is 0.0417. The van der Waals surface area contributed by atoms with Gasteiger partial charge in [0.1, 0.15) is 60.6 Å². The van der Waals surface area contributed by atoms with E-state index in [4.69, 9.17) is 29.2 Å². The molecule has 0 fully saturated rings. The Balaban J connectivity index is 0.000000260. The lowest BCUT2D eigenvalue weighted by Crippen LogP contribution is -2.17. The van der Waals surface area contributed by atoms with Gasteiger partial charge < -0.3 is 29.2 Å².